The number of aliphatic hydroxyl groups excluding tert-OH is 1. The number of rotatable bonds is 6. The van der Waals surface area contributed by atoms with E-state index in [0.29, 0.717) is 37.9 Å². The molecule has 0 saturated carbocycles. The molecule has 10 nitrogen and oxygen atoms in total. The lowest BCUT2D eigenvalue weighted by atomic mass is 10.2. The fourth-order valence-electron chi connectivity index (χ4n) is 3.70. The first-order valence-electron chi connectivity index (χ1n) is 9.57. The number of β-amino-alcohol motifs (C(OH)–C–C–N with tert-alkyl or cyclic N) is 1. The van der Waals surface area contributed by atoms with E-state index in [1.54, 1.807) is 18.5 Å². The third-order valence-electron chi connectivity index (χ3n) is 5.26. The van der Waals surface area contributed by atoms with Gasteiger partial charge in [0.1, 0.15) is 10.6 Å². The average molecular weight is 433 g/mol. The van der Waals surface area contributed by atoms with Crippen LogP contribution >= 0.6 is 0 Å². The van der Waals surface area contributed by atoms with Crippen molar-refractivity contribution in [3.05, 3.63) is 42.2 Å². The maximum atomic E-state index is 12.7. The summed E-state index contributed by atoms with van der Waals surface area (Å²) in [6.45, 7) is 2.72. The molecule has 1 unspecified atom stereocenters. The second kappa shape index (κ2) is 8.17. The third kappa shape index (κ3) is 3.83. The lowest BCUT2D eigenvalue weighted by molar-refractivity contribution is 0.0700. The number of benzene rings is 1. The number of sulfonamides is 1. The average Bonchev–Trinajstić information content (AvgIpc) is 2.95. The quantitative estimate of drug-likeness (QED) is 0.662. The minimum absolute atomic E-state index is 0.0584. The van der Waals surface area contributed by atoms with Crippen LogP contribution in [0.1, 0.15) is 10.4 Å². The predicted molar refractivity (Wildman–Crippen MR) is 108 cm³/mol. The molecule has 0 aliphatic carbocycles. The molecular weight excluding hydrogens is 410 g/mol. The third-order valence-corrected chi connectivity index (χ3v) is 7.07. The van der Waals surface area contributed by atoms with E-state index >= 15 is 0 Å². The molecule has 0 radical (unpaired) electrons. The summed E-state index contributed by atoms with van der Waals surface area (Å²) < 4.78 is 31.3. The number of amides is 1. The fourth-order valence-corrected chi connectivity index (χ4v) is 5.29. The molecule has 2 aliphatic rings. The van der Waals surface area contributed by atoms with Gasteiger partial charge in [0.2, 0.25) is 5.95 Å². The van der Waals surface area contributed by atoms with Gasteiger partial charge < -0.3 is 14.7 Å². The Balaban J connectivity index is 1.37. The molecule has 1 saturated heterocycles. The van der Waals surface area contributed by atoms with Gasteiger partial charge in [-0.05, 0) is 24.3 Å². The van der Waals surface area contributed by atoms with Crippen LogP contribution in [0.5, 0.6) is 5.75 Å². The number of methoxy groups -OCH3 is 1. The zero-order chi connectivity index (χ0) is 21.3. The summed E-state index contributed by atoms with van der Waals surface area (Å²) in [5, 5.41) is 10.5. The van der Waals surface area contributed by atoms with Gasteiger partial charge in [0.05, 0.1) is 25.3 Å². The number of carbonyl (C=O) groups excluding carboxylic acids is 1. The molecule has 1 amide bonds. The summed E-state index contributed by atoms with van der Waals surface area (Å²) in [5.74, 6) is 0.425. The van der Waals surface area contributed by atoms with Crippen LogP contribution in [0, 0.1) is 0 Å². The molecule has 0 spiro atoms. The van der Waals surface area contributed by atoms with E-state index in [2.05, 4.69) is 14.9 Å². The maximum absolute atomic E-state index is 12.7. The number of carbonyl (C=O) groups is 1. The monoisotopic (exact) mass is 433 g/mol. The highest BCUT2D eigenvalue weighted by Gasteiger charge is 2.42. The van der Waals surface area contributed by atoms with Crippen molar-refractivity contribution in [1.82, 2.24) is 19.2 Å². The smallest absolute Gasteiger partial charge is 0.269 e. The van der Waals surface area contributed by atoms with Crippen LogP contribution < -0.4 is 9.64 Å². The zero-order valence-corrected chi connectivity index (χ0v) is 17.3. The van der Waals surface area contributed by atoms with Crippen molar-refractivity contribution in [2.75, 3.05) is 51.3 Å². The second-order valence-electron chi connectivity index (χ2n) is 7.19. The molecule has 1 atom stereocenters. The number of hydrogen-bond donors (Lipinski definition) is 1. The SMILES string of the molecule is COc1ccc2c(c1)C(=O)N(CC(O)CN1CCN(c3ncccn3)CC1)S2(=O)=O. The van der Waals surface area contributed by atoms with E-state index in [1.165, 1.54) is 25.3 Å². The standard InChI is InChI=1S/C19H23N5O5S/c1-29-15-3-4-17-16(11-15)18(26)24(30(17,27)28)13-14(25)12-22-7-9-23(10-8-22)19-20-5-2-6-21-19/h2-6,11,14,25H,7-10,12-13H2,1H3. The summed E-state index contributed by atoms with van der Waals surface area (Å²) in [7, 11) is -2.53. The summed E-state index contributed by atoms with van der Waals surface area (Å²) in [6, 6.07) is 6.03. The van der Waals surface area contributed by atoms with Crippen molar-refractivity contribution in [3.63, 3.8) is 0 Å². The van der Waals surface area contributed by atoms with Crippen molar-refractivity contribution in [2.45, 2.75) is 11.0 Å². The number of hydrogen-bond acceptors (Lipinski definition) is 9. The highest BCUT2D eigenvalue weighted by atomic mass is 32.2. The van der Waals surface area contributed by atoms with Crippen LogP contribution in [-0.2, 0) is 10.0 Å². The van der Waals surface area contributed by atoms with E-state index in [-0.39, 0.29) is 23.5 Å². The van der Waals surface area contributed by atoms with E-state index in [4.69, 9.17) is 4.74 Å². The lowest BCUT2D eigenvalue weighted by Crippen LogP contribution is -2.50. The van der Waals surface area contributed by atoms with Gasteiger partial charge in [-0.25, -0.2) is 22.7 Å². The van der Waals surface area contributed by atoms with Gasteiger partial charge >= 0.3 is 0 Å². The van der Waals surface area contributed by atoms with E-state index in [0.717, 1.165) is 4.31 Å². The zero-order valence-electron chi connectivity index (χ0n) is 16.5. The van der Waals surface area contributed by atoms with Crippen molar-refractivity contribution in [1.29, 1.82) is 0 Å². The van der Waals surface area contributed by atoms with Gasteiger partial charge in [0, 0.05) is 45.1 Å². The van der Waals surface area contributed by atoms with Crippen LogP contribution in [0.15, 0.2) is 41.6 Å². The first kappa shape index (κ1) is 20.5. The molecule has 4 rings (SSSR count). The number of ether oxygens (including phenoxy) is 1. The van der Waals surface area contributed by atoms with E-state index < -0.39 is 22.0 Å². The highest BCUT2D eigenvalue weighted by Crippen LogP contribution is 2.32. The van der Waals surface area contributed by atoms with Crippen molar-refractivity contribution in [3.8, 4) is 5.75 Å². The Morgan fingerprint density at radius 3 is 2.50 bits per heavy atom. The molecule has 1 N–H and O–H groups in total. The van der Waals surface area contributed by atoms with Gasteiger partial charge in [0.25, 0.3) is 15.9 Å². The Kier molecular flexibility index (Phi) is 5.58. The van der Waals surface area contributed by atoms with Gasteiger partial charge in [-0.2, -0.15) is 0 Å². The van der Waals surface area contributed by atoms with E-state index in [9.17, 15) is 18.3 Å². The number of anilines is 1. The Morgan fingerprint density at radius 1 is 1.13 bits per heavy atom. The van der Waals surface area contributed by atoms with Gasteiger partial charge in [-0.15, -0.1) is 0 Å². The van der Waals surface area contributed by atoms with Crippen molar-refractivity contribution < 1.29 is 23.1 Å². The van der Waals surface area contributed by atoms with Crippen molar-refractivity contribution in [2.24, 2.45) is 0 Å². The van der Waals surface area contributed by atoms with Crippen LogP contribution in [-0.4, -0.2) is 91.1 Å². The number of nitrogens with zero attached hydrogens (tertiary/aromatic N) is 5. The highest BCUT2D eigenvalue weighted by molar-refractivity contribution is 7.90. The first-order valence-corrected chi connectivity index (χ1v) is 11.0. The molecule has 2 aliphatic heterocycles. The van der Waals surface area contributed by atoms with Crippen LogP contribution in [0.25, 0.3) is 0 Å². The van der Waals surface area contributed by atoms with Crippen molar-refractivity contribution >= 4 is 21.9 Å². The Labute approximate surface area is 174 Å². The van der Waals surface area contributed by atoms with Gasteiger partial charge in [-0.3, -0.25) is 9.69 Å². The van der Waals surface area contributed by atoms with E-state index in [1.807, 2.05) is 4.90 Å². The van der Waals surface area contributed by atoms with Crippen LogP contribution in [0.2, 0.25) is 0 Å². The normalized spacial score (nSPS) is 19.6. The molecule has 2 aromatic rings. The number of aliphatic hydroxyl groups is 1. The Morgan fingerprint density at radius 2 is 1.83 bits per heavy atom. The van der Waals surface area contributed by atoms with Crippen LogP contribution in [0.3, 0.4) is 0 Å². The Bertz CT molecular complexity index is 1020. The minimum Gasteiger partial charge on any atom is -0.497 e. The minimum atomic E-state index is -3.98. The molecule has 3 heterocycles. The number of piperazine rings is 1. The molecule has 1 aromatic heterocycles. The van der Waals surface area contributed by atoms with Gasteiger partial charge in [-0.1, -0.05) is 0 Å². The molecule has 11 heteroatoms. The van der Waals surface area contributed by atoms with Gasteiger partial charge in [0.15, 0.2) is 0 Å². The molecular formula is C19H23N5O5S. The summed E-state index contributed by atoms with van der Waals surface area (Å²) in [5.41, 5.74) is 0.0676. The molecule has 0 bridgehead atoms. The molecule has 30 heavy (non-hydrogen) atoms. The lowest BCUT2D eigenvalue weighted by Gasteiger charge is -2.35. The maximum Gasteiger partial charge on any atom is 0.269 e. The summed E-state index contributed by atoms with van der Waals surface area (Å²) in [6.07, 6.45) is 2.39. The molecule has 1 aromatic carbocycles. The summed E-state index contributed by atoms with van der Waals surface area (Å²) >= 11 is 0. The second-order valence-corrected chi connectivity index (χ2v) is 9.02. The number of aromatic nitrogens is 2. The predicted octanol–water partition coefficient (Wildman–Crippen LogP) is -0.187. The fraction of sp³-hybridized carbons (Fsp3) is 0.421. The molecule has 160 valence electrons. The number of fused-ring (bicyclic) bond motifs is 1. The first-order chi connectivity index (χ1) is 14.4. The summed E-state index contributed by atoms with van der Waals surface area (Å²) in [4.78, 5) is 25.2. The van der Waals surface area contributed by atoms with Crippen LogP contribution in [0.4, 0.5) is 5.95 Å². The topological polar surface area (TPSA) is 116 Å². The molecule has 1 fully saturated rings. The largest absolute Gasteiger partial charge is 0.497 e. The Hall–Kier alpha value is -2.76.